The average molecular weight is 252 g/mol. The molecule has 0 aromatic heterocycles. The first-order chi connectivity index (χ1) is 8.63. The first kappa shape index (κ1) is 12.2. The van der Waals surface area contributed by atoms with Crippen LogP contribution in [0.4, 0.5) is 0 Å². The van der Waals surface area contributed by atoms with Gasteiger partial charge in [-0.1, -0.05) is 6.08 Å². The molecule has 2 aliphatic heterocycles. The Morgan fingerprint density at radius 3 is 3.00 bits per heavy atom. The van der Waals surface area contributed by atoms with Crippen molar-refractivity contribution in [1.29, 1.82) is 0 Å². The van der Waals surface area contributed by atoms with Gasteiger partial charge in [0.25, 0.3) is 0 Å². The molecule has 1 spiro atoms. The lowest BCUT2D eigenvalue weighted by Gasteiger charge is -2.40. The van der Waals surface area contributed by atoms with Gasteiger partial charge >= 0.3 is 5.97 Å². The van der Waals surface area contributed by atoms with Crippen molar-refractivity contribution >= 4 is 5.97 Å². The molecular formula is C14H20O4. The van der Waals surface area contributed by atoms with Crippen molar-refractivity contribution in [3.05, 3.63) is 12.7 Å². The second-order valence-electron chi connectivity index (χ2n) is 5.73. The molecule has 0 aromatic rings. The van der Waals surface area contributed by atoms with Crippen LogP contribution in [0.1, 0.15) is 38.5 Å². The number of ether oxygens (including phenoxy) is 2. The summed E-state index contributed by atoms with van der Waals surface area (Å²) in [5.41, 5.74) is 0. The van der Waals surface area contributed by atoms with Gasteiger partial charge in [-0.15, -0.1) is 6.58 Å². The smallest absolute Gasteiger partial charge is 0.308 e. The fourth-order valence-electron chi connectivity index (χ4n) is 3.79. The van der Waals surface area contributed by atoms with Crippen molar-refractivity contribution in [2.75, 3.05) is 0 Å². The van der Waals surface area contributed by atoms with Crippen molar-refractivity contribution < 1.29 is 19.4 Å². The Labute approximate surface area is 107 Å². The summed E-state index contributed by atoms with van der Waals surface area (Å²) in [6.07, 6.45) is 5.92. The zero-order valence-electron chi connectivity index (χ0n) is 10.5. The van der Waals surface area contributed by atoms with Gasteiger partial charge in [0.05, 0.1) is 18.6 Å². The van der Waals surface area contributed by atoms with Gasteiger partial charge in [-0.05, 0) is 24.7 Å². The molecule has 4 heteroatoms. The Morgan fingerprint density at radius 2 is 2.33 bits per heavy atom. The van der Waals surface area contributed by atoms with E-state index in [-0.39, 0.29) is 24.1 Å². The van der Waals surface area contributed by atoms with E-state index in [0.29, 0.717) is 25.2 Å². The van der Waals surface area contributed by atoms with E-state index < -0.39 is 5.79 Å². The maximum Gasteiger partial charge on any atom is 0.308 e. The topological polar surface area (TPSA) is 55.8 Å². The molecule has 3 aliphatic rings. The molecule has 0 aromatic carbocycles. The van der Waals surface area contributed by atoms with E-state index in [1.54, 1.807) is 0 Å². The van der Waals surface area contributed by atoms with Gasteiger partial charge in [0, 0.05) is 19.3 Å². The van der Waals surface area contributed by atoms with E-state index in [4.69, 9.17) is 9.47 Å². The predicted octanol–water partition coefficient (Wildman–Crippen LogP) is 1.77. The summed E-state index contributed by atoms with van der Waals surface area (Å²) in [6.45, 7) is 3.76. The van der Waals surface area contributed by atoms with Crippen molar-refractivity contribution in [2.24, 2.45) is 11.8 Å². The minimum absolute atomic E-state index is 0.0320. The Bertz CT molecular complexity index is 367. The molecule has 1 saturated carbocycles. The molecule has 1 N–H and O–H groups in total. The van der Waals surface area contributed by atoms with Crippen LogP contribution in [0.3, 0.4) is 0 Å². The standard InChI is InChI=1S/C14H20O4/c1-2-3-9-10-4-6-14(7-5-13(16)18-14)17-12(10)8-11(9)15/h2,9-12,15H,1,3-8H2/t9-,10?,11+,12+,14-/m1/s1. The third kappa shape index (κ3) is 1.88. The number of aliphatic hydroxyl groups excluding tert-OH is 1. The van der Waals surface area contributed by atoms with Crippen LogP contribution in [0.25, 0.3) is 0 Å². The molecule has 0 amide bonds. The Hall–Kier alpha value is -0.870. The van der Waals surface area contributed by atoms with E-state index in [9.17, 15) is 9.90 Å². The molecular weight excluding hydrogens is 232 g/mol. The van der Waals surface area contributed by atoms with E-state index in [0.717, 1.165) is 19.3 Å². The average Bonchev–Trinajstić information content (AvgIpc) is 2.82. The number of rotatable bonds is 2. The highest BCUT2D eigenvalue weighted by molar-refractivity contribution is 5.71. The maximum atomic E-state index is 11.3. The Balaban J connectivity index is 1.72. The molecule has 1 aliphatic carbocycles. The third-order valence-electron chi connectivity index (χ3n) is 4.67. The van der Waals surface area contributed by atoms with Crippen LogP contribution in [-0.4, -0.2) is 29.1 Å². The predicted molar refractivity (Wildman–Crippen MR) is 64.6 cm³/mol. The highest BCUT2D eigenvalue weighted by atomic mass is 16.7. The molecule has 100 valence electrons. The second-order valence-corrected chi connectivity index (χ2v) is 5.73. The van der Waals surface area contributed by atoms with Crippen LogP contribution in [0.5, 0.6) is 0 Å². The molecule has 2 saturated heterocycles. The normalized spacial score (nSPS) is 47.1. The van der Waals surface area contributed by atoms with Gasteiger partial charge in [0.15, 0.2) is 0 Å². The molecule has 0 bridgehead atoms. The molecule has 18 heavy (non-hydrogen) atoms. The number of hydrogen-bond acceptors (Lipinski definition) is 4. The van der Waals surface area contributed by atoms with Crippen LogP contribution < -0.4 is 0 Å². The third-order valence-corrected chi connectivity index (χ3v) is 4.67. The lowest BCUT2D eigenvalue weighted by molar-refractivity contribution is -0.260. The lowest BCUT2D eigenvalue weighted by Crippen LogP contribution is -2.44. The molecule has 1 unspecified atom stereocenters. The highest BCUT2D eigenvalue weighted by Gasteiger charge is 2.53. The molecule has 3 fully saturated rings. The summed E-state index contributed by atoms with van der Waals surface area (Å²) in [4.78, 5) is 11.3. The van der Waals surface area contributed by atoms with Crippen molar-refractivity contribution in [3.8, 4) is 0 Å². The first-order valence-corrected chi connectivity index (χ1v) is 6.82. The van der Waals surface area contributed by atoms with Crippen molar-refractivity contribution in [1.82, 2.24) is 0 Å². The summed E-state index contributed by atoms with van der Waals surface area (Å²) in [7, 11) is 0. The largest absolute Gasteiger partial charge is 0.433 e. The fraction of sp³-hybridized carbons (Fsp3) is 0.786. The van der Waals surface area contributed by atoms with E-state index in [2.05, 4.69) is 6.58 Å². The molecule has 0 radical (unpaired) electrons. The van der Waals surface area contributed by atoms with Crippen LogP contribution in [-0.2, 0) is 14.3 Å². The minimum atomic E-state index is -0.680. The number of allylic oxidation sites excluding steroid dienone is 1. The molecule has 4 nitrogen and oxygen atoms in total. The van der Waals surface area contributed by atoms with Crippen molar-refractivity contribution in [2.45, 2.75) is 56.5 Å². The second kappa shape index (κ2) is 4.35. The summed E-state index contributed by atoms with van der Waals surface area (Å²) in [5, 5.41) is 10.1. The van der Waals surface area contributed by atoms with Gasteiger partial charge in [-0.2, -0.15) is 0 Å². The first-order valence-electron chi connectivity index (χ1n) is 6.82. The van der Waals surface area contributed by atoms with Gasteiger partial charge in [0.2, 0.25) is 5.79 Å². The Morgan fingerprint density at radius 1 is 1.50 bits per heavy atom. The SMILES string of the molecule is C=CC[C@@H]1C2CC[C@@]3(CCC(=O)O3)O[C@H]2C[C@@H]1O. The monoisotopic (exact) mass is 252 g/mol. The summed E-state index contributed by atoms with van der Waals surface area (Å²) in [6, 6.07) is 0. The number of aliphatic hydroxyl groups is 1. The van der Waals surface area contributed by atoms with Crippen LogP contribution in [0, 0.1) is 11.8 Å². The van der Waals surface area contributed by atoms with Crippen molar-refractivity contribution in [3.63, 3.8) is 0 Å². The van der Waals surface area contributed by atoms with E-state index >= 15 is 0 Å². The summed E-state index contributed by atoms with van der Waals surface area (Å²) in [5.74, 6) is -0.208. The fourth-order valence-corrected chi connectivity index (χ4v) is 3.79. The summed E-state index contributed by atoms with van der Waals surface area (Å²) < 4.78 is 11.4. The summed E-state index contributed by atoms with van der Waals surface area (Å²) >= 11 is 0. The van der Waals surface area contributed by atoms with E-state index in [1.165, 1.54) is 0 Å². The number of carbonyl (C=O) groups excluding carboxylic acids is 1. The van der Waals surface area contributed by atoms with Gasteiger partial charge in [-0.3, -0.25) is 4.79 Å². The minimum Gasteiger partial charge on any atom is -0.433 e. The van der Waals surface area contributed by atoms with E-state index in [1.807, 2.05) is 6.08 Å². The van der Waals surface area contributed by atoms with Gasteiger partial charge < -0.3 is 14.6 Å². The zero-order chi connectivity index (χ0) is 12.8. The highest BCUT2D eigenvalue weighted by Crippen LogP contribution is 2.49. The maximum absolute atomic E-state index is 11.3. The Kier molecular flexibility index (Phi) is 2.94. The molecule has 5 atom stereocenters. The van der Waals surface area contributed by atoms with Gasteiger partial charge in [-0.25, -0.2) is 0 Å². The number of hydrogen-bond donors (Lipinski definition) is 1. The number of esters is 1. The number of carbonyl (C=O) groups is 1. The molecule has 2 heterocycles. The van der Waals surface area contributed by atoms with Crippen LogP contribution >= 0.6 is 0 Å². The van der Waals surface area contributed by atoms with Crippen LogP contribution in [0.15, 0.2) is 12.7 Å². The quantitative estimate of drug-likeness (QED) is 0.601. The lowest BCUT2D eigenvalue weighted by atomic mass is 9.83. The van der Waals surface area contributed by atoms with Crippen LogP contribution in [0.2, 0.25) is 0 Å². The van der Waals surface area contributed by atoms with Gasteiger partial charge in [0.1, 0.15) is 0 Å². The zero-order valence-corrected chi connectivity index (χ0v) is 10.5. The number of fused-ring (bicyclic) bond motifs is 1. The molecule has 3 rings (SSSR count).